The number of carbonyl (C=O) groups is 3. The van der Waals surface area contributed by atoms with E-state index in [0.717, 1.165) is 0 Å². The van der Waals surface area contributed by atoms with E-state index in [1.54, 1.807) is 42.5 Å². The number of hydrogen-bond acceptors (Lipinski definition) is 6. The van der Waals surface area contributed by atoms with Crippen molar-refractivity contribution < 1.29 is 28.4 Å². The lowest BCUT2D eigenvalue weighted by Crippen LogP contribution is -2.32. The Kier molecular flexibility index (Phi) is 4.48. The van der Waals surface area contributed by atoms with Crippen LogP contribution in [-0.2, 0) is 11.4 Å². The fourth-order valence-corrected chi connectivity index (χ4v) is 3.45. The van der Waals surface area contributed by atoms with Crippen molar-refractivity contribution in [3.8, 4) is 5.75 Å². The lowest BCUT2D eigenvalue weighted by Gasteiger charge is -2.12. The highest BCUT2D eigenvalue weighted by Crippen LogP contribution is 2.29. The van der Waals surface area contributed by atoms with Crippen molar-refractivity contribution in [2.24, 2.45) is 0 Å². The van der Waals surface area contributed by atoms with Crippen LogP contribution in [0.3, 0.4) is 0 Å². The summed E-state index contributed by atoms with van der Waals surface area (Å²) in [6.07, 6.45) is 0. The normalized spacial score (nSPS) is 12.8. The smallest absolute Gasteiger partial charge is 0.399 e. The number of benzene rings is 3. The fraction of sp³-hybridized carbons (Fsp3) is 0.0417. The molecule has 0 bridgehead atoms. The molecule has 4 aromatic rings. The van der Waals surface area contributed by atoms with E-state index in [9.17, 15) is 14.4 Å². The lowest BCUT2D eigenvalue weighted by molar-refractivity contribution is -0.0603. The second kappa shape index (κ2) is 7.46. The number of ether oxygens (including phenoxy) is 1. The molecule has 1 aliphatic rings. The van der Waals surface area contributed by atoms with E-state index >= 15 is 0 Å². The molecule has 0 N–H and O–H groups in total. The monoisotopic (exact) mass is 413 g/mol. The largest absolute Gasteiger partial charge is 0.489 e. The third kappa shape index (κ3) is 3.22. The quantitative estimate of drug-likeness (QED) is 0.452. The molecule has 7 heteroatoms. The van der Waals surface area contributed by atoms with Gasteiger partial charge in [0.25, 0.3) is 11.8 Å². The van der Waals surface area contributed by atoms with Gasteiger partial charge in [-0.1, -0.05) is 53.6 Å². The lowest BCUT2D eigenvalue weighted by atomic mass is 10.1. The van der Waals surface area contributed by atoms with Crippen LogP contribution in [0.5, 0.6) is 5.75 Å². The number of hydroxylamine groups is 2. The number of hydrogen-bond donors (Lipinski definition) is 0. The minimum absolute atomic E-state index is 0.0353. The minimum atomic E-state index is -0.961. The Morgan fingerprint density at radius 1 is 0.806 bits per heavy atom. The molecular formula is C24H15NO6. The van der Waals surface area contributed by atoms with Crippen LogP contribution in [0.1, 0.15) is 36.8 Å². The molecule has 1 aliphatic heterocycles. The van der Waals surface area contributed by atoms with Crippen LogP contribution < -0.4 is 4.74 Å². The molecule has 0 spiro atoms. The van der Waals surface area contributed by atoms with E-state index in [2.05, 4.69) is 0 Å². The van der Waals surface area contributed by atoms with E-state index in [1.807, 2.05) is 24.3 Å². The van der Waals surface area contributed by atoms with Gasteiger partial charge in [0, 0.05) is 5.39 Å². The summed E-state index contributed by atoms with van der Waals surface area (Å²) < 4.78 is 11.5. The Bertz CT molecular complexity index is 1290. The SMILES string of the molecule is O=C(ON1C(=O)c2ccccc2C1=O)c1oc2ccccc2c1COc1ccccc1. The summed E-state index contributed by atoms with van der Waals surface area (Å²) in [5, 5.41) is 1.13. The van der Waals surface area contributed by atoms with Crippen LogP contribution in [-0.4, -0.2) is 22.8 Å². The van der Waals surface area contributed by atoms with Gasteiger partial charge in [-0.25, -0.2) is 4.79 Å². The van der Waals surface area contributed by atoms with Gasteiger partial charge in [-0.05, 0) is 30.3 Å². The molecule has 0 aliphatic carbocycles. The Hall–Kier alpha value is -4.39. The van der Waals surface area contributed by atoms with Crippen molar-refractivity contribution in [3.05, 3.63) is 101 Å². The number of nitrogens with zero attached hydrogens (tertiary/aromatic N) is 1. The predicted octanol–water partition coefficient (Wildman–Crippen LogP) is 4.38. The number of fused-ring (bicyclic) bond motifs is 2. The van der Waals surface area contributed by atoms with E-state index in [0.29, 0.717) is 27.3 Å². The molecule has 0 fully saturated rings. The van der Waals surface area contributed by atoms with Crippen LogP contribution in [0.25, 0.3) is 11.0 Å². The molecule has 0 radical (unpaired) electrons. The van der Waals surface area contributed by atoms with E-state index in [1.165, 1.54) is 12.1 Å². The Morgan fingerprint density at radius 2 is 1.42 bits per heavy atom. The average Bonchev–Trinajstić information content (AvgIpc) is 3.30. The molecule has 3 aromatic carbocycles. The molecule has 1 aromatic heterocycles. The van der Waals surface area contributed by atoms with Gasteiger partial charge in [-0.2, -0.15) is 0 Å². The molecule has 0 saturated heterocycles. The van der Waals surface area contributed by atoms with Crippen LogP contribution in [0.15, 0.2) is 83.3 Å². The van der Waals surface area contributed by atoms with Crippen molar-refractivity contribution in [2.75, 3.05) is 0 Å². The van der Waals surface area contributed by atoms with Gasteiger partial charge in [0.05, 0.1) is 16.7 Å². The van der Waals surface area contributed by atoms with Crippen LogP contribution >= 0.6 is 0 Å². The first-order chi connectivity index (χ1) is 15.1. The standard InChI is InChI=1S/C24H15NO6/c26-22-17-11-4-5-12-18(17)23(27)25(22)31-24(28)21-19(14-29-15-8-2-1-3-9-15)16-10-6-7-13-20(16)30-21/h1-13H,14H2. The highest BCUT2D eigenvalue weighted by molar-refractivity contribution is 6.21. The van der Waals surface area contributed by atoms with Crippen LogP contribution in [0.2, 0.25) is 0 Å². The van der Waals surface area contributed by atoms with Gasteiger partial charge < -0.3 is 14.0 Å². The molecule has 0 saturated carbocycles. The van der Waals surface area contributed by atoms with E-state index in [-0.39, 0.29) is 23.5 Å². The number of imide groups is 1. The van der Waals surface area contributed by atoms with E-state index in [4.69, 9.17) is 14.0 Å². The first kappa shape index (κ1) is 18.6. The summed E-state index contributed by atoms with van der Waals surface area (Å²) in [4.78, 5) is 43.1. The van der Waals surface area contributed by atoms with Crippen molar-refractivity contribution in [3.63, 3.8) is 0 Å². The van der Waals surface area contributed by atoms with Crippen molar-refractivity contribution in [1.29, 1.82) is 0 Å². The Balaban J connectivity index is 1.45. The molecule has 5 rings (SSSR count). The second-order valence-electron chi connectivity index (χ2n) is 6.84. The van der Waals surface area contributed by atoms with Gasteiger partial charge in [0.2, 0.25) is 5.76 Å². The van der Waals surface area contributed by atoms with E-state index < -0.39 is 17.8 Å². The summed E-state index contributed by atoms with van der Waals surface area (Å²) in [5.74, 6) is -1.88. The molecule has 2 amide bonds. The molecule has 0 atom stereocenters. The zero-order valence-corrected chi connectivity index (χ0v) is 16.1. The van der Waals surface area contributed by atoms with Crippen LogP contribution in [0.4, 0.5) is 0 Å². The van der Waals surface area contributed by atoms with Crippen molar-refractivity contribution in [1.82, 2.24) is 5.06 Å². The fourth-order valence-electron chi connectivity index (χ4n) is 3.45. The maximum absolute atomic E-state index is 12.9. The predicted molar refractivity (Wildman–Crippen MR) is 109 cm³/mol. The van der Waals surface area contributed by atoms with Gasteiger partial charge >= 0.3 is 5.97 Å². The van der Waals surface area contributed by atoms with Gasteiger partial charge in [-0.15, -0.1) is 0 Å². The third-order valence-electron chi connectivity index (χ3n) is 4.94. The van der Waals surface area contributed by atoms with Gasteiger partial charge in [0.1, 0.15) is 17.9 Å². The highest BCUT2D eigenvalue weighted by Gasteiger charge is 2.39. The molecule has 2 heterocycles. The summed E-state index contributed by atoms with van der Waals surface area (Å²) in [6.45, 7) is 0.0353. The number of amides is 2. The highest BCUT2D eigenvalue weighted by atomic mass is 16.7. The number of carbonyl (C=O) groups excluding carboxylic acids is 3. The molecule has 0 unspecified atom stereocenters. The third-order valence-corrected chi connectivity index (χ3v) is 4.94. The molecule has 152 valence electrons. The first-order valence-corrected chi connectivity index (χ1v) is 9.52. The summed E-state index contributed by atoms with van der Waals surface area (Å²) in [7, 11) is 0. The first-order valence-electron chi connectivity index (χ1n) is 9.52. The topological polar surface area (TPSA) is 86.0 Å². The number of furan rings is 1. The zero-order chi connectivity index (χ0) is 21.4. The summed E-state index contributed by atoms with van der Waals surface area (Å²) in [6, 6.07) is 22.5. The van der Waals surface area contributed by atoms with Crippen molar-refractivity contribution in [2.45, 2.75) is 6.61 Å². The van der Waals surface area contributed by atoms with Crippen LogP contribution in [0, 0.1) is 0 Å². The molecular weight excluding hydrogens is 398 g/mol. The Morgan fingerprint density at radius 3 is 2.13 bits per heavy atom. The average molecular weight is 413 g/mol. The minimum Gasteiger partial charge on any atom is -0.489 e. The summed E-state index contributed by atoms with van der Waals surface area (Å²) in [5.41, 5.74) is 1.28. The molecule has 31 heavy (non-hydrogen) atoms. The van der Waals surface area contributed by atoms with Gasteiger partial charge in [0.15, 0.2) is 0 Å². The number of para-hydroxylation sites is 2. The van der Waals surface area contributed by atoms with Gasteiger partial charge in [-0.3, -0.25) is 9.59 Å². The number of rotatable bonds is 5. The Labute approximate surface area is 176 Å². The zero-order valence-electron chi connectivity index (χ0n) is 16.1. The second-order valence-corrected chi connectivity index (χ2v) is 6.84. The summed E-state index contributed by atoms with van der Waals surface area (Å²) >= 11 is 0. The maximum atomic E-state index is 12.9. The molecule has 7 nitrogen and oxygen atoms in total. The van der Waals surface area contributed by atoms with Crippen molar-refractivity contribution >= 4 is 28.8 Å². The maximum Gasteiger partial charge on any atom is 0.399 e.